The number of sulfonamides is 1. The summed E-state index contributed by atoms with van der Waals surface area (Å²) < 4.78 is 27.2. The summed E-state index contributed by atoms with van der Waals surface area (Å²) in [6, 6.07) is 12.0. The number of para-hydroxylation sites is 2. The molecule has 1 N–H and O–H groups in total. The van der Waals surface area contributed by atoms with Crippen molar-refractivity contribution in [1.29, 1.82) is 0 Å². The van der Waals surface area contributed by atoms with Crippen molar-refractivity contribution in [3.8, 4) is 0 Å². The number of benzene rings is 2. The van der Waals surface area contributed by atoms with Gasteiger partial charge in [0.05, 0.1) is 16.4 Å². The summed E-state index contributed by atoms with van der Waals surface area (Å²) in [7, 11) is -1.69. The molecule has 0 bridgehead atoms. The number of amides is 1. The first kappa shape index (κ1) is 23.5. The molecule has 1 aliphatic heterocycles. The van der Waals surface area contributed by atoms with Crippen molar-refractivity contribution in [3.63, 3.8) is 0 Å². The van der Waals surface area contributed by atoms with Gasteiger partial charge in [-0.1, -0.05) is 37.6 Å². The summed E-state index contributed by atoms with van der Waals surface area (Å²) in [5.41, 5.74) is 1.89. The van der Waals surface area contributed by atoms with Crippen molar-refractivity contribution in [2.45, 2.75) is 18.7 Å². The van der Waals surface area contributed by atoms with E-state index in [4.69, 9.17) is 11.6 Å². The van der Waals surface area contributed by atoms with Gasteiger partial charge in [-0.15, -0.1) is 0 Å². The standard InChI is InChI=1S/C22H29ClN4O3S/c1-4-27(5-2)31(29,30)21-16-17(10-11-18(21)23)22(28)24-19-8-6-7-9-20(19)26-14-12-25(3)13-15-26/h6-11,16H,4-5,12-15H2,1-3H3,(H,24,28). The van der Waals surface area contributed by atoms with Gasteiger partial charge >= 0.3 is 0 Å². The van der Waals surface area contributed by atoms with Crippen molar-refractivity contribution < 1.29 is 13.2 Å². The summed E-state index contributed by atoms with van der Waals surface area (Å²) in [6.07, 6.45) is 0. The van der Waals surface area contributed by atoms with Crippen LogP contribution in [0.2, 0.25) is 5.02 Å². The zero-order valence-corrected chi connectivity index (χ0v) is 19.7. The van der Waals surface area contributed by atoms with Crippen LogP contribution in [0.25, 0.3) is 0 Å². The number of nitrogens with zero attached hydrogens (tertiary/aromatic N) is 3. The van der Waals surface area contributed by atoms with Gasteiger partial charge < -0.3 is 15.1 Å². The van der Waals surface area contributed by atoms with Gasteiger partial charge in [-0.05, 0) is 37.4 Å². The maximum Gasteiger partial charge on any atom is 0.255 e. The van der Waals surface area contributed by atoms with Gasteiger partial charge in [-0.3, -0.25) is 4.79 Å². The smallest absolute Gasteiger partial charge is 0.255 e. The number of anilines is 2. The van der Waals surface area contributed by atoms with Crippen LogP contribution < -0.4 is 10.2 Å². The van der Waals surface area contributed by atoms with Crippen LogP contribution >= 0.6 is 11.6 Å². The van der Waals surface area contributed by atoms with Crippen LogP contribution in [0, 0.1) is 0 Å². The molecule has 2 aromatic rings. The van der Waals surface area contributed by atoms with Gasteiger partial charge in [0.1, 0.15) is 4.90 Å². The number of nitrogens with one attached hydrogen (secondary N) is 1. The Morgan fingerprint density at radius 3 is 2.35 bits per heavy atom. The monoisotopic (exact) mass is 464 g/mol. The number of halogens is 1. The quantitative estimate of drug-likeness (QED) is 0.680. The van der Waals surface area contributed by atoms with Crippen molar-refractivity contribution in [2.75, 3.05) is 56.5 Å². The summed E-state index contributed by atoms with van der Waals surface area (Å²) in [5.74, 6) is -0.380. The Bertz CT molecular complexity index is 1030. The number of carbonyl (C=O) groups excluding carboxylic acids is 1. The molecule has 1 fully saturated rings. The fourth-order valence-corrected chi connectivity index (χ4v) is 5.60. The van der Waals surface area contributed by atoms with E-state index in [1.807, 2.05) is 24.3 Å². The van der Waals surface area contributed by atoms with Crippen LogP contribution in [-0.4, -0.2) is 69.8 Å². The lowest BCUT2D eigenvalue weighted by Gasteiger charge is -2.35. The molecule has 0 unspecified atom stereocenters. The van der Waals surface area contributed by atoms with Gasteiger partial charge in [0.25, 0.3) is 5.91 Å². The lowest BCUT2D eigenvalue weighted by atomic mass is 10.1. The molecule has 0 aliphatic carbocycles. The topological polar surface area (TPSA) is 73.0 Å². The molecule has 9 heteroatoms. The first-order valence-corrected chi connectivity index (χ1v) is 12.2. The first-order valence-electron chi connectivity index (χ1n) is 10.4. The van der Waals surface area contributed by atoms with Crippen molar-refractivity contribution in [2.24, 2.45) is 0 Å². The lowest BCUT2D eigenvalue weighted by Crippen LogP contribution is -2.44. The van der Waals surface area contributed by atoms with E-state index in [1.54, 1.807) is 13.8 Å². The van der Waals surface area contributed by atoms with E-state index in [0.717, 1.165) is 31.9 Å². The molecule has 0 spiro atoms. The van der Waals surface area contributed by atoms with Crippen LogP contribution in [0.4, 0.5) is 11.4 Å². The maximum atomic E-state index is 13.0. The normalized spacial score (nSPS) is 15.3. The van der Waals surface area contributed by atoms with Gasteiger partial charge in [-0.2, -0.15) is 4.31 Å². The van der Waals surface area contributed by atoms with Crippen LogP contribution in [0.1, 0.15) is 24.2 Å². The van der Waals surface area contributed by atoms with E-state index in [1.165, 1.54) is 22.5 Å². The van der Waals surface area contributed by atoms with E-state index in [0.29, 0.717) is 18.8 Å². The Morgan fingerprint density at radius 1 is 1.06 bits per heavy atom. The predicted octanol–water partition coefficient (Wildman–Crippen LogP) is 3.37. The van der Waals surface area contributed by atoms with Crippen LogP contribution in [0.15, 0.2) is 47.4 Å². The molecular formula is C22H29ClN4O3S. The molecule has 1 heterocycles. The Morgan fingerprint density at radius 2 is 1.71 bits per heavy atom. The summed E-state index contributed by atoms with van der Waals surface area (Å²) in [6.45, 7) is 7.82. The Kier molecular flexibility index (Phi) is 7.59. The second-order valence-corrected chi connectivity index (χ2v) is 9.81. The second-order valence-electron chi connectivity index (χ2n) is 7.50. The molecule has 2 aromatic carbocycles. The molecule has 1 amide bonds. The van der Waals surface area contributed by atoms with Crippen molar-refractivity contribution in [1.82, 2.24) is 9.21 Å². The number of likely N-dealkylation sites (N-methyl/N-ethyl adjacent to an activating group) is 1. The highest BCUT2D eigenvalue weighted by molar-refractivity contribution is 7.89. The van der Waals surface area contributed by atoms with Gasteiger partial charge in [0, 0.05) is 44.8 Å². The Balaban J connectivity index is 1.87. The molecule has 0 radical (unpaired) electrons. The highest BCUT2D eigenvalue weighted by Crippen LogP contribution is 2.29. The number of piperazine rings is 1. The molecule has 0 atom stereocenters. The third-order valence-corrected chi connectivity index (χ3v) is 8.04. The third-order valence-electron chi connectivity index (χ3n) is 5.51. The van der Waals surface area contributed by atoms with E-state index in [-0.39, 0.29) is 21.4 Å². The SMILES string of the molecule is CCN(CC)S(=O)(=O)c1cc(C(=O)Nc2ccccc2N2CCN(C)CC2)ccc1Cl. The van der Waals surface area contributed by atoms with Crippen LogP contribution in [0.3, 0.4) is 0 Å². The molecule has 1 aliphatic rings. The second kappa shape index (κ2) is 9.99. The molecule has 0 saturated carbocycles. The first-order chi connectivity index (χ1) is 14.8. The average molecular weight is 465 g/mol. The van der Waals surface area contributed by atoms with Gasteiger partial charge in [-0.25, -0.2) is 8.42 Å². The molecule has 7 nitrogen and oxygen atoms in total. The van der Waals surface area contributed by atoms with E-state index in [2.05, 4.69) is 22.2 Å². The maximum absolute atomic E-state index is 13.0. The molecular weight excluding hydrogens is 436 g/mol. The minimum absolute atomic E-state index is 0.0575. The zero-order valence-electron chi connectivity index (χ0n) is 18.1. The highest BCUT2D eigenvalue weighted by Gasteiger charge is 2.26. The molecule has 168 valence electrons. The fourth-order valence-electron chi connectivity index (χ4n) is 3.64. The predicted molar refractivity (Wildman–Crippen MR) is 126 cm³/mol. The Labute approximate surface area is 189 Å². The minimum Gasteiger partial charge on any atom is -0.367 e. The largest absolute Gasteiger partial charge is 0.367 e. The highest BCUT2D eigenvalue weighted by atomic mass is 35.5. The third kappa shape index (κ3) is 5.20. The molecule has 3 rings (SSSR count). The van der Waals surface area contributed by atoms with Crippen LogP contribution in [-0.2, 0) is 10.0 Å². The van der Waals surface area contributed by atoms with Crippen molar-refractivity contribution in [3.05, 3.63) is 53.1 Å². The molecule has 0 aromatic heterocycles. The van der Waals surface area contributed by atoms with Crippen LogP contribution in [0.5, 0.6) is 0 Å². The fraction of sp³-hybridized carbons (Fsp3) is 0.409. The molecule has 31 heavy (non-hydrogen) atoms. The number of rotatable bonds is 7. The van der Waals surface area contributed by atoms with E-state index in [9.17, 15) is 13.2 Å². The number of hydrogen-bond acceptors (Lipinski definition) is 5. The number of hydrogen-bond donors (Lipinski definition) is 1. The van der Waals surface area contributed by atoms with Gasteiger partial charge in [0.15, 0.2) is 0 Å². The van der Waals surface area contributed by atoms with Crippen molar-refractivity contribution >= 4 is 38.9 Å². The minimum atomic E-state index is -3.78. The zero-order chi connectivity index (χ0) is 22.6. The van der Waals surface area contributed by atoms with E-state index >= 15 is 0 Å². The summed E-state index contributed by atoms with van der Waals surface area (Å²) >= 11 is 6.19. The molecule has 1 saturated heterocycles. The Hall–Kier alpha value is -2.13. The lowest BCUT2D eigenvalue weighted by molar-refractivity contribution is 0.102. The van der Waals surface area contributed by atoms with Gasteiger partial charge in [0.2, 0.25) is 10.0 Å². The summed E-state index contributed by atoms with van der Waals surface area (Å²) in [4.78, 5) is 17.5. The summed E-state index contributed by atoms with van der Waals surface area (Å²) in [5, 5.41) is 3.04. The number of carbonyl (C=O) groups is 1. The average Bonchev–Trinajstić information content (AvgIpc) is 2.75. The van der Waals surface area contributed by atoms with E-state index < -0.39 is 10.0 Å².